The van der Waals surface area contributed by atoms with Gasteiger partial charge in [0.15, 0.2) is 5.82 Å². The van der Waals surface area contributed by atoms with Crippen LogP contribution in [-0.4, -0.2) is 46.3 Å². The monoisotopic (exact) mass is 342 g/mol. The summed E-state index contributed by atoms with van der Waals surface area (Å²) in [7, 11) is 0. The SMILES string of the molecule is O=C(OC1CCN(c2nncc3ccccc23)CC1)[C@H]1C[C@H]1[N+](=O)[O-]. The molecule has 1 aromatic heterocycles. The Morgan fingerprint density at radius 1 is 1.28 bits per heavy atom. The van der Waals surface area contributed by atoms with E-state index in [0.717, 1.165) is 16.6 Å². The molecule has 0 N–H and O–H groups in total. The van der Waals surface area contributed by atoms with Crippen molar-refractivity contribution in [3.63, 3.8) is 0 Å². The number of piperidine rings is 1. The van der Waals surface area contributed by atoms with Gasteiger partial charge in [-0.1, -0.05) is 24.3 Å². The second-order valence-electron chi connectivity index (χ2n) is 6.57. The van der Waals surface area contributed by atoms with E-state index < -0.39 is 22.9 Å². The van der Waals surface area contributed by atoms with Crippen molar-refractivity contribution in [3.8, 4) is 0 Å². The first-order chi connectivity index (χ1) is 12.1. The second-order valence-corrected chi connectivity index (χ2v) is 6.57. The van der Waals surface area contributed by atoms with Crippen LogP contribution in [0.25, 0.3) is 10.8 Å². The topological polar surface area (TPSA) is 98.5 Å². The zero-order valence-electron chi connectivity index (χ0n) is 13.6. The van der Waals surface area contributed by atoms with E-state index in [2.05, 4.69) is 15.1 Å². The minimum absolute atomic E-state index is 0.181. The Kier molecular flexibility index (Phi) is 3.95. The third-order valence-electron chi connectivity index (χ3n) is 4.91. The molecular weight excluding hydrogens is 324 g/mol. The third-order valence-corrected chi connectivity index (χ3v) is 4.91. The zero-order chi connectivity index (χ0) is 17.4. The number of nitrogens with zero attached hydrogens (tertiary/aromatic N) is 4. The van der Waals surface area contributed by atoms with Gasteiger partial charge in [0.05, 0.1) is 6.20 Å². The number of hydrogen-bond donors (Lipinski definition) is 0. The molecule has 0 amide bonds. The van der Waals surface area contributed by atoms with Crippen molar-refractivity contribution in [2.24, 2.45) is 5.92 Å². The molecule has 0 spiro atoms. The summed E-state index contributed by atoms with van der Waals surface area (Å²) in [5.41, 5.74) is 0. The number of ether oxygens (including phenoxy) is 1. The van der Waals surface area contributed by atoms with E-state index in [9.17, 15) is 14.9 Å². The Balaban J connectivity index is 1.37. The van der Waals surface area contributed by atoms with Gasteiger partial charge in [0, 0.05) is 48.0 Å². The van der Waals surface area contributed by atoms with E-state index in [-0.39, 0.29) is 6.10 Å². The first-order valence-corrected chi connectivity index (χ1v) is 8.43. The Morgan fingerprint density at radius 2 is 2.04 bits per heavy atom. The summed E-state index contributed by atoms with van der Waals surface area (Å²) in [6, 6.07) is 7.22. The fourth-order valence-electron chi connectivity index (χ4n) is 3.35. The molecule has 2 fully saturated rings. The maximum Gasteiger partial charge on any atom is 0.316 e. The van der Waals surface area contributed by atoms with Gasteiger partial charge in [0.2, 0.25) is 6.04 Å². The molecule has 130 valence electrons. The normalized spacial score (nSPS) is 23.4. The van der Waals surface area contributed by atoms with Gasteiger partial charge < -0.3 is 9.64 Å². The number of carbonyl (C=O) groups excluding carboxylic acids is 1. The molecule has 1 aliphatic heterocycles. The molecule has 1 aromatic carbocycles. The van der Waals surface area contributed by atoms with Crippen molar-refractivity contribution in [1.29, 1.82) is 0 Å². The van der Waals surface area contributed by atoms with E-state index in [1.165, 1.54) is 0 Å². The first kappa shape index (κ1) is 15.7. The van der Waals surface area contributed by atoms with Gasteiger partial charge in [-0.15, -0.1) is 5.10 Å². The molecule has 1 saturated heterocycles. The van der Waals surface area contributed by atoms with Gasteiger partial charge >= 0.3 is 5.97 Å². The van der Waals surface area contributed by atoms with Gasteiger partial charge in [-0.2, -0.15) is 5.10 Å². The standard InChI is InChI=1S/C17H18N4O4/c22-17(14-9-15(14)21(23)24)25-12-5-7-20(8-6-12)16-13-4-2-1-3-11(13)10-18-19-16/h1-4,10,12,14-15H,5-9H2/t14-,15+/m0/s1. The smallest absolute Gasteiger partial charge is 0.316 e. The third kappa shape index (κ3) is 3.11. The van der Waals surface area contributed by atoms with Gasteiger partial charge in [-0.05, 0) is 0 Å². The summed E-state index contributed by atoms with van der Waals surface area (Å²) in [5.74, 6) is -0.138. The molecule has 0 bridgehead atoms. The highest BCUT2D eigenvalue weighted by molar-refractivity contribution is 5.91. The van der Waals surface area contributed by atoms with Crippen LogP contribution in [0.2, 0.25) is 0 Å². The summed E-state index contributed by atoms with van der Waals surface area (Å²) in [6.07, 6.45) is 3.24. The van der Waals surface area contributed by atoms with Crippen LogP contribution in [0.4, 0.5) is 5.82 Å². The van der Waals surface area contributed by atoms with Crippen molar-refractivity contribution < 1.29 is 14.5 Å². The molecule has 8 heteroatoms. The van der Waals surface area contributed by atoms with Crippen LogP contribution in [0, 0.1) is 16.0 Å². The van der Waals surface area contributed by atoms with Crippen LogP contribution in [0.3, 0.4) is 0 Å². The highest BCUT2D eigenvalue weighted by atomic mass is 16.6. The Bertz CT molecular complexity index is 814. The Hall–Kier alpha value is -2.77. The van der Waals surface area contributed by atoms with Crippen molar-refractivity contribution in [1.82, 2.24) is 10.2 Å². The number of benzene rings is 1. The molecular formula is C17H18N4O4. The summed E-state index contributed by atoms with van der Waals surface area (Å²) < 4.78 is 5.46. The van der Waals surface area contributed by atoms with E-state index in [0.29, 0.717) is 32.4 Å². The number of rotatable bonds is 4. The molecule has 4 rings (SSSR count). The summed E-state index contributed by atoms with van der Waals surface area (Å²) in [6.45, 7) is 1.42. The van der Waals surface area contributed by atoms with Gasteiger partial charge in [0.25, 0.3) is 0 Å². The average molecular weight is 342 g/mol. The maximum absolute atomic E-state index is 12.0. The van der Waals surface area contributed by atoms with Crippen molar-refractivity contribution in [2.45, 2.75) is 31.4 Å². The van der Waals surface area contributed by atoms with E-state index >= 15 is 0 Å². The van der Waals surface area contributed by atoms with E-state index in [1.807, 2.05) is 24.3 Å². The lowest BCUT2D eigenvalue weighted by Crippen LogP contribution is -2.38. The van der Waals surface area contributed by atoms with Crippen LogP contribution in [0.5, 0.6) is 0 Å². The Morgan fingerprint density at radius 3 is 2.76 bits per heavy atom. The van der Waals surface area contributed by atoms with Crippen molar-refractivity contribution in [3.05, 3.63) is 40.6 Å². The van der Waals surface area contributed by atoms with Crippen LogP contribution < -0.4 is 4.90 Å². The van der Waals surface area contributed by atoms with Crippen LogP contribution >= 0.6 is 0 Å². The number of fused-ring (bicyclic) bond motifs is 1. The maximum atomic E-state index is 12.0. The number of carbonyl (C=O) groups is 1. The van der Waals surface area contributed by atoms with Gasteiger partial charge in [0.1, 0.15) is 12.0 Å². The molecule has 2 aliphatic rings. The average Bonchev–Trinajstić information content (AvgIpc) is 3.43. The highest BCUT2D eigenvalue weighted by Gasteiger charge is 2.55. The zero-order valence-corrected chi connectivity index (χ0v) is 13.6. The molecule has 2 atom stereocenters. The molecule has 2 aromatic rings. The summed E-state index contributed by atoms with van der Waals surface area (Å²) in [5, 5.41) is 21.1. The van der Waals surface area contributed by atoms with Crippen LogP contribution in [0.1, 0.15) is 19.3 Å². The lowest BCUT2D eigenvalue weighted by atomic mass is 10.1. The fraction of sp³-hybridized carbons (Fsp3) is 0.471. The second kappa shape index (κ2) is 6.27. The van der Waals surface area contributed by atoms with Crippen LogP contribution in [0.15, 0.2) is 30.5 Å². The molecule has 0 radical (unpaired) electrons. The number of nitro groups is 1. The minimum Gasteiger partial charge on any atom is -0.462 e. The number of anilines is 1. The molecule has 8 nitrogen and oxygen atoms in total. The minimum atomic E-state index is -0.751. The van der Waals surface area contributed by atoms with Crippen molar-refractivity contribution >= 4 is 22.6 Å². The number of hydrogen-bond acceptors (Lipinski definition) is 7. The molecule has 25 heavy (non-hydrogen) atoms. The number of aromatic nitrogens is 2. The van der Waals surface area contributed by atoms with Gasteiger partial charge in [-0.25, -0.2) is 0 Å². The molecule has 1 saturated carbocycles. The largest absolute Gasteiger partial charge is 0.462 e. The highest BCUT2D eigenvalue weighted by Crippen LogP contribution is 2.35. The molecule has 2 heterocycles. The van der Waals surface area contributed by atoms with E-state index in [1.54, 1.807) is 6.20 Å². The lowest BCUT2D eigenvalue weighted by Gasteiger charge is -2.32. The lowest BCUT2D eigenvalue weighted by molar-refractivity contribution is -0.497. The quantitative estimate of drug-likeness (QED) is 0.474. The predicted octanol–water partition coefficient (Wildman–Crippen LogP) is 1.81. The number of esters is 1. The van der Waals surface area contributed by atoms with E-state index in [4.69, 9.17) is 4.74 Å². The molecule has 1 aliphatic carbocycles. The van der Waals surface area contributed by atoms with Crippen LogP contribution in [-0.2, 0) is 9.53 Å². The fourth-order valence-corrected chi connectivity index (χ4v) is 3.35. The predicted molar refractivity (Wildman–Crippen MR) is 89.8 cm³/mol. The van der Waals surface area contributed by atoms with Gasteiger partial charge in [-0.3, -0.25) is 14.9 Å². The summed E-state index contributed by atoms with van der Waals surface area (Å²) >= 11 is 0. The Labute approximate surface area is 143 Å². The summed E-state index contributed by atoms with van der Waals surface area (Å²) in [4.78, 5) is 24.4. The van der Waals surface area contributed by atoms with Crippen molar-refractivity contribution in [2.75, 3.05) is 18.0 Å². The first-order valence-electron chi connectivity index (χ1n) is 8.43. The molecule has 0 unspecified atom stereocenters.